The molecule has 4 rings (SSSR count). The highest BCUT2D eigenvalue weighted by Crippen LogP contribution is 2.55. The molecule has 2 saturated carbocycles. The van der Waals surface area contributed by atoms with Crippen molar-refractivity contribution in [3.8, 4) is 0 Å². The number of esters is 1. The first kappa shape index (κ1) is 14.3. The molecule has 0 spiro atoms. The monoisotopic (exact) mass is 333 g/mol. The van der Waals surface area contributed by atoms with Crippen molar-refractivity contribution in [3.63, 3.8) is 0 Å². The van der Waals surface area contributed by atoms with E-state index in [2.05, 4.69) is 4.90 Å². The lowest BCUT2D eigenvalue weighted by atomic mass is 9.94. The van der Waals surface area contributed by atoms with Crippen molar-refractivity contribution in [2.24, 2.45) is 11.8 Å². The van der Waals surface area contributed by atoms with Crippen LogP contribution in [0.1, 0.15) is 12.8 Å². The van der Waals surface area contributed by atoms with Crippen LogP contribution in [0.15, 0.2) is 0 Å². The quantitative estimate of drug-likeness (QED) is 0.535. The minimum atomic E-state index is -3.43. The topological polar surface area (TPSA) is 72.9 Å². The minimum Gasteiger partial charge on any atom is -0.458 e. The maximum Gasteiger partial charge on any atom is 0.320 e. The lowest BCUT2D eigenvalue weighted by Gasteiger charge is -2.28. The van der Waals surface area contributed by atoms with Crippen molar-refractivity contribution in [1.29, 1.82) is 0 Å². The largest absolute Gasteiger partial charge is 0.458 e. The predicted octanol–water partition coefficient (Wildman–Crippen LogP) is 0.0840. The molecule has 4 fully saturated rings. The van der Waals surface area contributed by atoms with Crippen molar-refractivity contribution in [2.45, 2.75) is 30.3 Å². The molecule has 0 aromatic carbocycles. The fourth-order valence-electron chi connectivity index (χ4n) is 4.18. The number of thioether (sulfide) groups is 1. The summed E-state index contributed by atoms with van der Waals surface area (Å²) in [6.45, 7) is 2.12. The van der Waals surface area contributed by atoms with E-state index in [0.717, 1.165) is 31.0 Å². The molecule has 4 aliphatic rings. The van der Waals surface area contributed by atoms with E-state index in [9.17, 15) is 13.2 Å². The fraction of sp³-hybridized carbons (Fsp3) is 0.923. The molecule has 2 bridgehead atoms. The van der Waals surface area contributed by atoms with E-state index >= 15 is 0 Å². The third-order valence-corrected chi connectivity index (χ3v) is 7.85. The van der Waals surface area contributed by atoms with E-state index < -0.39 is 16.2 Å². The van der Waals surface area contributed by atoms with Gasteiger partial charge in [0.15, 0.2) is 0 Å². The van der Waals surface area contributed by atoms with Gasteiger partial charge in [-0.2, -0.15) is 20.2 Å². The number of carbonyl (C=O) groups is 1. The molecular formula is C13H19NO5S2. The maximum absolute atomic E-state index is 12.1. The maximum atomic E-state index is 12.1. The molecule has 0 N–H and O–H groups in total. The highest BCUT2D eigenvalue weighted by molar-refractivity contribution is 7.99. The van der Waals surface area contributed by atoms with Gasteiger partial charge in [-0.1, -0.05) is 0 Å². The smallest absolute Gasteiger partial charge is 0.320 e. The van der Waals surface area contributed by atoms with E-state index in [1.54, 1.807) is 0 Å². The Morgan fingerprint density at radius 2 is 2.05 bits per heavy atom. The zero-order valence-electron chi connectivity index (χ0n) is 11.6. The van der Waals surface area contributed by atoms with Crippen LogP contribution < -0.4 is 0 Å². The van der Waals surface area contributed by atoms with Gasteiger partial charge in [-0.3, -0.25) is 13.9 Å². The van der Waals surface area contributed by atoms with Gasteiger partial charge in [0.2, 0.25) is 0 Å². The Bertz CT molecular complexity index is 545. The zero-order valence-corrected chi connectivity index (χ0v) is 13.3. The van der Waals surface area contributed by atoms with Crippen LogP contribution in [0.25, 0.3) is 0 Å². The van der Waals surface area contributed by atoms with Gasteiger partial charge in [-0.15, -0.1) is 0 Å². The van der Waals surface area contributed by atoms with Crippen LogP contribution in [0.3, 0.4) is 0 Å². The molecule has 6 nitrogen and oxygen atoms in total. The molecule has 21 heavy (non-hydrogen) atoms. The Morgan fingerprint density at radius 1 is 1.29 bits per heavy atom. The Hall–Kier alpha value is -0.310. The summed E-state index contributed by atoms with van der Waals surface area (Å²) in [6.07, 6.45) is 0.601. The van der Waals surface area contributed by atoms with Gasteiger partial charge in [0, 0.05) is 36.4 Å². The molecule has 2 aliphatic heterocycles. The van der Waals surface area contributed by atoms with Crippen LogP contribution in [0.4, 0.5) is 0 Å². The second kappa shape index (κ2) is 5.11. The van der Waals surface area contributed by atoms with Crippen molar-refractivity contribution in [2.75, 3.05) is 31.1 Å². The summed E-state index contributed by atoms with van der Waals surface area (Å²) in [5.74, 6) is 2.04. The molecule has 0 radical (unpaired) electrons. The molecule has 2 heterocycles. The van der Waals surface area contributed by atoms with Crippen molar-refractivity contribution >= 4 is 27.8 Å². The van der Waals surface area contributed by atoms with Gasteiger partial charge < -0.3 is 4.74 Å². The highest BCUT2D eigenvalue weighted by Gasteiger charge is 2.65. The van der Waals surface area contributed by atoms with Crippen molar-refractivity contribution < 1.29 is 22.1 Å². The normalized spacial score (nSPS) is 44.1. The second-order valence-corrected chi connectivity index (χ2v) is 9.34. The van der Waals surface area contributed by atoms with Gasteiger partial charge in [0.05, 0.1) is 11.8 Å². The standard InChI is InChI=1S/C13H19NO5S2/c15-11(7-14-1-3-20-4-2-14)18-12-8-5-9-10(6-8)21(16,17)19-13(9)12/h8-10,12-13H,1-7H2. The van der Waals surface area contributed by atoms with Crippen LogP contribution in [0.5, 0.6) is 0 Å². The third kappa shape index (κ3) is 2.40. The Morgan fingerprint density at radius 3 is 2.81 bits per heavy atom. The van der Waals surface area contributed by atoms with Gasteiger partial charge in [0.25, 0.3) is 10.1 Å². The summed E-state index contributed by atoms with van der Waals surface area (Å²) in [5, 5.41) is -0.360. The number of ether oxygens (including phenoxy) is 1. The number of nitrogens with zero attached hydrogens (tertiary/aromatic N) is 1. The van der Waals surface area contributed by atoms with E-state index in [-0.39, 0.29) is 29.2 Å². The number of hydrogen-bond acceptors (Lipinski definition) is 7. The van der Waals surface area contributed by atoms with Gasteiger partial charge in [0.1, 0.15) is 12.2 Å². The molecule has 5 atom stereocenters. The molecule has 2 saturated heterocycles. The van der Waals surface area contributed by atoms with Gasteiger partial charge >= 0.3 is 5.97 Å². The molecule has 8 heteroatoms. The van der Waals surface area contributed by atoms with Crippen LogP contribution in [0, 0.1) is 11.8 Å². The van der Waals surface area contributed by atoms with E-state index in [4.69, 9.17) is 8.92 Å². The lowest BCUT2D eigenvalue weighted by Crippen LogP contribution is -2.42. The molecule has 2 aliphatic carbocycles. The Labute approximate surface area is 128 Å². The third-order valence-electron chi connectivity index (χ3n) is 5.14. The summed E-state index contributed by atoms with van der Waals surface area (Å²) < 4.78 is 34.5. The predicted molar refractivity (Wildman–Crippen MR) is 77.4 cm³/mol. The first-order valence-electron chi connectivity index (χ1n) is 7.46. The highest BCUT2D eigenvalue weighted by atomic mass is 32.2. The number of fused-ring (bicyclic) bond motifs is 1. The van der Waals surface area contributed by atoms with Crippen LogP contribution in [-0.2, 0) is 23.8 Å². The zero-order chi connectivity index (χ0) is 14.6. The molecule has 5 unspecified atom stereocenters. The summed E-state index contributed by atoms with van der Waals surface area (Å²) in [7, 11) is -3.43. The lowest BCUT2D eigenvalue weighted by molar-refractivity contribution is -0.157. The van der Waals surface area contributed by atoms with Gasteiger partial charge in [-0.05, 0) is 12.8 Å². The van der Waals surface area contributed by atoms with Gasteiger partial charge in [-0.25, -0.2) is 0 Å². The number of hydrogen-bond donors (Lipinski definition) is 0. The van der Waals surface area contributed by atoms with Crippen molar-refractivity contribution in [1.82, 2.24) is 4.90 Å². The minimum absolute atomic E-state index is 0.0317. The van der Waals surface area contributed by atoms with Crippen LogP contribution >= 0.6 is 11.8 Å². The first-order valence-corrected chi connectivity index (χ1v) is 10.1. The molecule has 0 amide bonds. The van der Waals surface area contributed by atoms with Crippen molar-refractivity contribution in [3.05, 3.63) is 0 Å². The van der Waals surface area contributed by atoms with E-state index in [1.165, 1.54) is 0 Å². The fourth-order valence-corrected chi connectivity index (χ4v) is 7.04. The molecular weight excluding hydrogens is 314 g/mol. The average molecular weight is 333 g/mol. The molecule has 118 valence electrons. The summed E-state index contributed by atoms with van der Waals surface area (Å²) in [5.41, 5.74) is 0. The Balaban J connectivity index is 1.39. The average Bonchev–Trinajstić information content (AvgIpc) is 3.04. The number of rotatable bonds is 3. The Kier molecular flexibility index (Phi) is 3.48. The van der Waals surface area contributed by atoms with E-state index in [1.807, 2.05) is 11.8 Å². The van der Waals surface area contributed by atoms with Crippen LogP contribution in [0.2, 0.25) is 0 Å². The molecule has 0 aromatic heterocycles. The van der Waals surface area contributed by atoms with Crippen LogP contribution in [-0.4, -0.2) is 67.9 Å². The molecule has 0 aromatic rings. The number of carbonyl (C=O) groups excluding carboxylic acids is 1. The first-order chi connectivity index (χ1) is 10.0. The SMILES string of the molecule is O=C(CN1CCSCC1)OC1C2CC3C1OS(=O)(=O)C3C2. The second-order valence-electron chi connectivity index (χ2n) is 6.33. The summed E-state index contributed by atoms with van der Waals surface area (Å²) >= 11 is 1.90. The summed E-state index contributed by atoms with van der Waals surface area (Å²) in [4.78, 5) is 14.2. The summed E-state index contributed by atoms with van der Waals surface area (Å²) in [6, 6.07) is 0. The van der Waals surface area contributed by atoms with E-state index in [0.29, 0.717) is 13.0 Å².